The van der Waals surface area contributed by atoms with Crippen LogP contribution in [0.1, 0.15) is 15.9 Å². The summed E-state index contributed by atoms with van der Waals surface area (Å²) in [6.07, 6.45) is 0. The number of carbonyl (C=O) groups excluding carboxylic acids is 1. The molecule has 0 aliphatic heterocycles. The number of ether oxygens (including phenoxy) is 1. The molecule has 0 saturated carbocycles. The molecule has 19 heavy (non-hydrogen) atoms. The molecule has 4 nitrogen and oxygen atoms in total. The second-order valence-corrected chi connectivity index (χ2v) is 4.24. The van der Waals surface area contributed by atoms with Crippen molar-refractivity contribution in [2.75, 3.05) is 7.11 Å². The summed E-state index contributed by atoms with van der Waals surface area (Å²) in [6.45, 7) is 1.86. The highest BCUT2D eigenvalue weighted by atomic mass is 16.5. The fourth-order valence-electron chi connectivity index (χ4n) is 1.87. The van der Waals surface area contributed by atoms with Gasteiger partial charge in [-0.3, -0.25) is 0 Å². The molecule has 4 heteroatoms. The van der Waals surface area contributed by atoms with Crippen molar-refractivity contribution in [1.29, 1.82) is 0 Å². The van der Waals surface area contributed by atoms with Crippen LogP contribution in [0.4, 0.5) is 0 Å². The molecule has 0 aliphatic rings. The van der Waals surface area contributed by atoms with Gasteiger partial charge in [0.1, 0.15) is 11.5 Å². The third kappa shape index (κ3) is 2.52. The normalized spacial score (nSPS) is 10.2. The molecular weight excluding hydrogens is 244 g/mol. The lowest BCUT2D eigenvalue weighted by molar-refractivity contribution is 0.0601. The van der Waals surface area contributed by atoms with Gasteiger partial charge < -0.3 is 14.9 Å². The maximum Gasteiger partial charge on any atom is 0.337 e. The first-order valence-corrected chi connectivity index (χ1v) is 5.74. The van der Waals surface area contributed by atoms with E-state index >= 15 is 0 Å². The second kappa shape index (κ2) is 5.02. The molecule has 0 atom stereocenters. The fraction of sp³-hybridized carbons (Fsp3) is 0.133. The van der Waals surface area contributed by atoms with E-state index in [2.05, 4.69) is 4.74 Å². The topological polar surface area (TPSA) is 66.8 Å². The second-order valence-electron chi connectivity index (χ2n) is 4.24. The van der Waals surface area contributed by atoms with Gasteiger partial charge in [-0.1, -0.05) is 12.1 Å². The standard InChI is InChI=1S/C15H14O4/c1-9-3-5-11(14(17)7-9)12-8-10(15(18)19-2)4-6-13(12)16/h3-8,16-17H,1-2H3. The number of phenolic OH excluding ortho intramolecular Hbond substituents is 2. The molecule has 0 heterocycles. The molecule has 2 aromatic rings. The summed E-state index contributed by atoms with van der Waals surface area (Å²) in [4.78, 5) is 11.5. The Labute approximate surface area is 110 Å². The van der Waals surface area contributed by atoms with E-state index < -0.39 is 5.97 Å². The quantitative estimate of drug-likeness (QED) is 0.813. The Morgan fingerprint density at radius 2 is 1.74 bits per heavy atom. The van der Waals surface area contributed by atoms with E-state index in [9.17, 15) is 15.0 Å². The van der Waals surface area contributed by atoms with Gasteiger partial charge in [0.15, 0.2) is 0 Å². The Balaban J connectivity index is 2.57. The number of hydrogen-bond donors (Lipinski definition) is 2. The molecule has 0 saturated heterocycles. The third-order valence-electron chi connectivity index (χ3n) is 2.86. The molecule has 0 amide bonds. The first-order valence-electron chi connectivity index (χ1n) is 5.74. The lowest BCUT2D eigenvalue weighted by Crippen LogP contribution is -2.01. The Hall–Kier alpha value is -2.49. The molecule has 0 fully saturated rings. The minimum atomic E-state index is -0.493. The first kappa shape index (κ1) is 13.0. The molecule has 0 unspecified atom stereocenters. The van der Waals surface area contributed by atoms with E-state index in [0.717, 1.165) is 5.56 Å². The van der Waals surface area contributed by atoms with E-state index in [1.165, 1.54) is 25.3 Å². The summed E-state index contributed by atoms with van der Waals surface area (Å²) in [5.41, 5.74) is 2.08. The Bertz CT molecular complexity index is 632. The number of benzene rings is 2. The van der Waals surface area contributed by atoms with Crippen molar-refractivity contribution < 1.29 is 19.7 Å². The van der Waals surface area contributed by atoms with Crippen LogP contribution in [-0.4, -0.2) is 23.3 Å². The SMILES string of the molecule is COC(=O)c1ccc(O)c(-c2ccc(C)cc2O)c1. The van der Waals surface area contributed by atoms with E-state index in [1.807, 2.05) is 13.0 Å². The molecule has 2 aromatic carbocycles. The predicted molar refractivity (Wildman–Crippen MR) is 71.3 cm³/mol. The van der Waals surface area contributed by atoms with Gasteiger partial charge in [0.2, 0.25) is 0 Å². The van der Waals surface area contributed by atoms with Crippen LogP contribution in [-0.2, 0) is 4.74 Å². The van der Waals surface area contributed by atoms with Gasteiger partial charge in [-0.15, -0.1) is 0 Å². The molecule has 0 aliphatic carbocycles. The van der Waals surface area contributed by atoms with E-state index in [-0.39, 0.29) is 11.5 Å². The predicted octanol–water partition coefficient (Wildman–Crippen LogP) is 2.86. The lowest BCUT2D eigenvalue weighted by Gasteiger charge is -2.09. The number of hydrogen-bond acceptors (Lipinski definition) is 4. The van der Waals surface area contributed by atoms with Crippen molar-refractivity contribution in [2.45, 2.75) is 6.92 Å². The zero-order valence-corrected chi connectivity index (χ0v) is 10.7. The summed E-state index contributed by atoms with van der Waals surface area (Å²) in [6, 6.07) is 9.47. The summed E-state index contributed by atoms with van der Waals surface area (Å²) in [5, 5.41) is 19.8. The van der Waals surface area contributed by atoms with Gasteiger partial charge in [-0.25, -0.2) is 4.79 Å². The average molecular weight is 258 g/mol. The summed E-state index contributed by atoms with van der Waals surface area (Å²) >= 11 is 0. The fourth-order valence-corrected chi connectivity index (χ4v) is 1.87. The number of carbonyl (C=O) groups is 1. The molecule has 0 spiro atoms. The van der Waals surface area contributed by atoms with Crippen molar-refractivity contribution in [3.05, 3.63) is 47.5 Å². The first-order chi connectivity index (χ1) is 9.02. The van der Waals surface area contributed by atoms with Gasteiger partial charge in [-0.2, -0.15) is 0 Å². The van der Waals surface area contributed by atoms with Crippen LogP contribution in [0.15, 0.2) is 36.4 Å². The molecule has 2 N–H and O–H groups in total. The summed E-state index contributed by atoms with van der Waals surface area (Å²) in [7, 11) is 1.29. The maximum absolute atomic E-state index is 11.5. The zero-order valence-electron chi connectivity index (χ0n) is 10.7. The van der Waals surface area contributed by atoms with Crippen molar-refractivity contribution in [3.63, 3.8) is 0 Å². The average Bonchev–Trinajstić information content (AvgIpc) is 2.39. The van der Waals surface area contributed by atoms with Crippen molar-refractivity contribution in [1.82, 2.24) is 0 Å². The summed E-state index contributed by atoms with van der Waals surface area (Å²) in [5.74, 6) is -0.447. The third-order valence-corrected chi connectivity index (χ3v) is 2.86. The van der Waals surface area contributed by atoms with Crippen molar-refractivity contribution >= 4 is 5.97 Å². The monoisotopic (exact) mass is 258 g/mol. The molecule has 2 rings (SSSR count). The number of aryl methyl sites for hydroxylation is 1. The Kier molecular flexibility index (Phi) is 3.42. The Morgan fingerprint density at radius 1 is 1.00 bits per heavy atom. The van der Waals surface area contributed by atoms with Crippen LogP contribution in [0.25, 0.3) is 11.1 Å². The van der Waals surface area contributed by atoms with Gasteiger partial charge in [0.05, 0.1) is 12.7 Å². The Morgan fingerprint density at radius 3 is 2.37 bits per heavy atom. The van der Waals surface area contributed by atoms with Crippen LogP contribution in [0.3, 0.4) is 0 Å². The zero-order chi connectivity index (χ0) is 14.0. The minimum Gasteiger partial charge on any atom is -0.507 e. The van der Waals surface area contributed by atoms with E-state index in [1.54, 1.807) is 12.1 Å². The lowest BCUT2D eigenvalue weighted by atomic mass is 10.00. The van der Waals surface area contributed by atoms with Gasteiger partial charge in [0, 0.05) is 11.1 Å². The molecule has 0 aromatic heterocycles. The molecular formula is C15H14O4. The molecule has 98 valence electrons. The highest BCUT2D eigenvalue weighted by Gasteiger charge is 2.13. The molecule has 0 radical (unpaired) electrons. The minimum absolute atomic E-state index is 0.00759. The van der Waals surface area contributed by atoms with Crippen LogP contribution in [0.2, 0.25) is 0 Å². The number of aromatic hydroxyl groups is 2. The van der Waals surface area contributed by atoms with Crippen molar-refractivity contribution in [3.8, 4) is 22.6 Å². The summed E-state index contributed by atoms with van der Waals surface area (Å²) < 4.78 is 4.63. The smallest absolute Gasteiger partial charge is 0.337 e. The number of rotatable bonds is 2. The number of esters is 1. The van der Waals surface area contributed by atoms with Gasteiger partial charge in [0.25, 0.3) is 0 Å². The van der Waals surface area contributed by atoms with Crippen LogP contribution in [0.5, 0.6) is 11.5 Å². The highest BCUT2D eigenvalue weighted by Crippen LogP contribution is 2.36. The highest BCUT2D eigenvalue weighted by molar-refractivity contribution is 5.92. The van der Waals surface area contributed by atoms with Gasteiger partial charge >= 0.3 is 5.97 Å². The number of phenols is 2. The van der Waals surface area contributed by atoms with E-state index in [0.29, 0.717) is 16.7 Å². The maximum atomic E-state index is 11.5. The van der Waals surface area contributed by atoms with Crippen LogP contribution >= 0.6 is 0 Å². The van der Waals surface area contributed by atoms with Crippen molar-refractivity contribution in [2.24, 2.45) is 0 Å². The van der Waals surface area contributed by atoms with Crippen LogP contribution < -0.4 is 0 Å². The van der Waals surface area contributed by atoms with Crippen LogP contribution in [0, 0.1) is 6.92 Å². The largest absolute Gasteiger partial charge is 0.507 e. The molecule has 0 bridgehead atoms. The number of methoxy groups -OCH3 is 1. The van der Waals surface area contributed by atoms with Gasteiger partial charge in [-0.05, 0) is 36.8 Å². The van der Waals surface area contributed by atoms with E-state index in [4.69, 9.17) is 0 Å².